The Morgan fingerprint density at radius 3 is 2.91 bits per heavy atom. The molecule has 23 heavy (non-hydrogen) atoms. The number of anilines is 1. The molecular weight excluding hydrogens is 292 g/mol. The van der Waals surface area contributed by atoms with E-state index in [2.05, 4.69) is 16.5 Å². The zero-order chi connectivity index (χ0) is 16.4. The second-order valence-electron chi connectivity index (χ2n) is 6.07. The summed E-state index contributed by atoms with van der Waals surface area (Å²) in [6.07, 6.45) is 4.25. The number of rotatable bonds is 3. The van der Waals surface area contributed by atoms with E-state index in [9.17, 15) is 9.90 Å². The highest BCUT2D eigenvalue weighted by Gasteiger charge is 2.30. The summed E-state index contributed by atoms with van der Waals surface area (Å²) in [5.74, 6) is 0. The van der Waals surface area contributed by atoms with Crippen molar-refractivity contribution in [2.24, 2.45) is 0 Å². The average molecular weight is 314 g/mol. The van der Waals surface area contributed by atoms with E-state index in [4.69, 9.17) is 0 Å². The third-order valence-electron chi connectivity index (χ3n) is 4.23. The predicted octanol–water partition coefficient (Wildman–Crippen LogP) is 2.59. The number of nitrogens with zero attached hydrogens (tertiary/aromatic N) is 3. The average Bonchev–Trinajstić information content (AvgIpc) is 3.02. The van der Waals surface area contributed by atoms with Crippen LogP contribution in [0.5, 0.6) is 0 Å². The Labute approximate surface area is 135 Å². The van der Waals surface area contributed by atoms with Crippen molar-refractivity contribution in [1.82, 2.24) is 14.7 Å². The summed E-state index contributed by atoms with van der Waals surface area (Å²) in [4.78, 5) is 14.3. The number of fused-ring (bicyclic) bond motifs is 1. The minimum Gasteiger partial charge on any atom is -0.394 e. The summed E-state index contributed by atoms with van der Waals surface area (Å²) in [5.41, 5.74) is 2.89. The third-order valence-corrected chi connectivity index (χ3v) is 4.23. The van der Waals surface area contributed by atoms with Crippen molar-refractivity contribution in [3.8, 4) is 0 Å². The van der Waals surface area contributed by atoms with Crippen LogP contribution >= 0.6 is 0 Å². The Morgan fingerprint density at radius 2 is 2.22 bits per heavy atom. The van der Waals surface area contributed by atoms with Gasteiger partial charge >= 0.3 is 6.03 Å². The molecule has 1 unspecified atom stereocenters. The Hall–Kier alpha value is -2.34. The van der Waals surface area contributed by atoms with Gasteiger partial charge in [-0.3, -0.25) is 4.68 Å². The molecule has 6 heteroatoms. The number of amides is 2. The smallest absolute Gasteiger partial charge is 0.322 e. The van der Waals surface area contributed by atoms with Crippen LogP contribution in [0.25, 0.3) is 0 Å². The van der Waals surface area contributed by atoms with E-state index in [0.717, 1.165) is 12.0 Å². The minimum atomic E-state index is -0.305. The largest absolute Gasteiger partial charge is 0.394 e. The van der Waals surface area contributed by atoms with E-state index >= 15 is 0 Å². The van der Waals surface area contributed by atoms with Gasteiger partial charge in [0.25, 0.3) is 0 Å². The molecular formula is C17H22N4O2. The first-order chi connectivity index (χ1) is 11.1. The van der Waals surface area contributed by atoms with Crippen LogP contribution in [0.3, 0.4) is 0 Å². The molecule has 0 saturated carbocycles. The van der Waals surface area contributed by atoms with Gasteiger partial charge in [0.1, 0.15) is 0 Å². The maximum Gasteiger partial charge on any atom is 0.322 e. The summed E-state index contributed by atoms with van der Waals surface area (Å²) >= 11 is 0. The van der Waals surface area contributed by atoms with Crippen LogP contribution in [0.1, 0.15) is 37.1 Å². The van der Waals surface area contributed by atoms with E-state index in [-0.39, 0.29) is 24.7 Å². The number of hydrogen-bond acceptors (Lipinski definition) is 3. The van der Waals surface area contributed by atoms with Crippen molar-refractivity contribution in [2.45, 2.75) is 32.4 Å². The summed E-state index contributed by atoms with van der Waals surface area (Å²) in [6, 6.07) is 7.69. The van der Waals surface area contributed by atoms with E-state index in [1.165, 1.54) is 5.56 Å². The number of aromatic nitrogens is 2. The lowest BCUT2D eigenvalue weighted by Gasteiger charge is -2.36. The highest BCUT2D eigenvalue weighted by molar-refractivity contribution is 5.89. The molecule has 1 aliphatic rings. The van der Waals surface area contributed by atoms with Gasteiger partial charge < -0.3 is 15.3 Å². The zero-order valence-corrected chi connectivity index (χ0v) is 13.4. The van der Waals surface area contributed by atoms with Crippen LogP contribution in [0, 0.1) is 0 Å². The van der Waals surface area contributed by atoms with Gasteiger partial charge in [0.15, 0.2) is 0 Å². The van der Waals surface area contributed by atoms with Gasteiger partial charge in [0.2, 0.25) is 0 Å². The molecule has 0 bridgehead atoms. The third kappa shape index (κ3) is 3.07. The van der Waals surface area contributed by atoms with Crippen molar-refractivity contribution in [1.29, 1.82) is 0 Å². The van der Waals surface area contributed by atoms with Gasteiger partial charge in [-0.15, -0.1) is 0 Å². The summed E-state index contributed by atoms with van der Waals surface area (Å²) in [6.45, 7) is 4.56. The molecule has 6 nitrogen and oxygen atoms in total. The van der Waals surface area contributed by atoms with Crippen molar-refractivity contribution in [3.63, 3.8) is 0 Å². The van der Waals surface area contributed by atoms with E-state index in [1.807, 2.05) is 38.2 Å². The van der Waals surface area contributed by atoms with Gasteiger partial charge in [-0.2, -0.15) is 5.10 Å². The SMILES string of the molecule is CC(C)n1cc(NC(=O)N2CCc3ccccc3C2CO)cn1. The Kier molecular flexibility index (Phi) is 4.34. The lowest BCUT2D eigenvalue weighted by Crippen LogP contribution is -2.43. The first-order valence-corrected chi connectivity index (χ1v) is 7.90. The Balaban J connectivity index is 1.76. The lowest BCUT2D eigenvalue weighted by atomic mass is 9.93. The number of carbonyl (C=O) groups excluding carboxylic acids is 1. The molecule has 2 heterocycles. The van der Waals surface area contributed by atoms with Gasteiger partial charge in [0, 0.05) is 18.8 Å². The number of nitrogens with one attached hydrogen (secondary N) is 1. The molecule has 0 saturated heterocycles. The molecule has 122 valence electrons. The first-order valence-electron chi connectivity index (χ1n) is 7.90. The maximum atomic E-state index is 12.6. The maximum absolute atomic E-state index is 12.6. The number of carbonyl (C=O) groups is 1. The number of aliphatic hydroxyl groups is 1. The van der Waals surface area contributed by atoms with Crippen LogP contribution in [0.4, 0.5) is 10.5 Å². The molecule has 0 aliphatic carbocycles. The fourth-order valence-corrected chi connectivity index (χ4v) is 2.97. The van der Waals surface area contributed by atoms with Crippen molar-refractivity contribution in [2.75, 3.05) is 18.5 Å². The van der Waals surface area contributed by atoms with Gasteiger partial charge in [0.05, 0.1) is 24.5 Å². The number of urea groups is 1. The van der Waals surface area contributed by atoms with Gasteiger partial charge in [-0.1, -0.05) is 24.3 Å². The van der Waals surface area contributed by atoms with Crippen LogP contribution in [-0.4, -0.2) is 39.0 Å². The molecule has 0 radical (unpaired) electrons. The summed E-state index contributed by atoms with van der Waals surface area (Å²) in [7, 11) is 0. The van der Waals surface area contributed by atoms with Crippen molar-refractivity contribution < 1.29 is 9.90 Å². The second-order valence-corrected chi connectivity index (χ2v) is 6.07. The van der Waals surface area contributed by atoms with Crippen LogP contribution in [0.2, 0.25) is 0 Å². The van der Waals surface area contributed by atoms with Crippen LogP contribution in [-0.2, 0) is 6.42 Å². The highest BCUT2D eigenvalue weighted by Crippen LogP contribution is 2.29. The monoisotopic (exact) mass is 314 g/mol. The molecule has 0 fully saturated rings. The molecule has 1 aromatic heterocycles. The quantitative estimate of drug-likeness (QED) is 0.915. The standard InChI is InChI=1S/C17H22N4O2/c1-12(2)21-10-14(9-18-21)19-17(23)20-8-7-13-5-3-4-6-15(13)16(20)11-22/h3-6,9-10,12,16,22H,7-8,11H2,1-2H3,(H,19,23). The normalized spacial score (nSPS) is 17.2. The number of benzene rings is 1. The summed E-state index contributed by atoms with van der Waals surface area (Å²) < 4.78 is 1.80. The number of hydrogen-bond donors (Lipinski definition) is 2. The predicted molar refractivity (Wildman–Crippen MR) is 88.3 cm³/mol. The topological polar surface area (TPSA) is 70.4 Å². The molecule has 1 aliphatic heterocycles. The molecule has 2 amide bonds. The molecule has 2 N–H and O–H groups in total. The minimum absolute atomic E-state index is 0.0876. The Morgan fingerprint density at radius 1 is 1.43 bits per heavy atom. The lowest BCUT2D eigenvalue weighted by molar-refractivity contribution is 0.135. The van der Waals surface area contributed by atoms with Crippen LogP contribution in [0.15, 0.2) is 36.7 Å². The summed E-state index contributed by atoms with van der Waals surface area (Å²) in [5, 5.41) is 16.9. The first kappa shape index (κ1) is 15.6. The fourth-order valence-electron chi connectivity index (χ4n) is 2.97. The van der Waals surface area contributed by atoms with Crippen molar-refractivity contribution in [3.05, 3.63) is 47.8 Å². The number of aliphatic hydroxyl groups excluding tert-OH is 1. The second kappa shape index (κ2) is 6.42. The fraction of sp³-hybridized carbons (Fsp3) is 0.412. The van der Waals surface area contributed by atoms with E-state index < -0.39 is 0 Å². The van der Waals surface area contributed by atoms with E-state index in [1.54, 1.807) is 15.8 Å². The highest BCUT2D eigenvalue weighted by atomic mass is 16.3. The van der Waals surface area contributed by atoms with Gasteiger partial charge in [-0.25, -0.2) is 4.79 Å². The van der Waals surface area contributed by atoms with Crippen LogP contribution < -0.4 is 5.32 Å². The zero-order valence-electron chi connectivity index (χ0n) is 13.4. The molecule has 3 rings (SSSR count). The molecule has 2 aromatic rings. The van der Waals surface area contributed by atoms with Gasteiger partial charge in [-0.05, 0) is 31.4 Å². The Bertz CT molecular complexity index is 695. The molecule has 0 spiro atoms. The molecule has 1 aromatic carbocycles. The van der Waals surface area contributed by atoms with E-state index in [0.29, 0.717) is 12.2 Å². The molecule has 1 atom stereocenters. The van der Waals surface area contributed by atoms with Crippen molar-refractivity contribution >= 4 is 11.7 Å².